The van der Waals surface area contributed by atoms with E-state index >= 15 is 0 Å². The topological polar surface area (TPSA) is 58.1 Å². The van der Waals surface area contributed by atoms with Crippen LogP contribution in [0.15, 0.2) is 35.3 Å². The van der Waals surface area contributed by atoms with Gasteiger partial charge in [-0.1, -0.05) is 43.7 Å². The van der Waals surface area contributed by atoms with E-state index < -0.39 is 0 Å². The number of guanidine groups is 1. The van der Waals surface area contributed by atoms with Crippen molar-refractivity contribution in [1.29, 1.82) is 0 Å². The summed E-state index contributed by atoms with van der Waals surface area (Å²) in [6.07, 6.45) is 2.28. The van der Waals surface area contributed by atoms with Gasteiger partial charge in [-0.15, -0.1) is 0 Å². The molecule has 0 heterocycles. The van der Waals surface area contributed by atoms with E-state index in [9.17, 15) is 0 Å². The van der Waals surface area contributed by atoms with Gasteiger partial charge in [0.1, 0.15) is 0 Å². The van der Waals surface area contributed by atoms with E-state index in [0.717, 1.165) is 45.0 Å². The molecule has 1 atom stereocenters. The van der Waals surface area contributed by atoms with Crippen LogP contribution in [-0.2, 0) is 16.0 Å². The Morgan fingerprint density at radius 3 is 2.44 bits per heavy atom. The lowest BCUT2D eigenvalue weighted by Gasteiger charge is -2.25. The highest BCUT2D eigenvalue weighted by molar-refractivity contribution is 5.79. The Morgan fingerprint density at radius 1 is 1.07 bits per heavy atom. The first-order valence-electron chi connectivity index (χ1n) is 10.0. The number of unbranched alkanes of at least 4 members (excludes halogenated alkanes) is 1. The highest BCUT2D eigenvalue weighted by atomic mass is 16.5. The van der Waals surface area contributed by atoms with Gasteiger partial charge in [-0.05, 0) is 26.0 Å². The standard InChI is InChI=1S/C21H38N4O2/c1-5-6-13-26-15-16-27-14-12-23-21(22-3)24-17-19(2)25(4)18-20-10-8-7-9-11-20/h7-11,19H,5-6,12-18H2,1-4H3,(H2,22,23,24). The molecule has 0 aliphatic carbocycles. The molecule has 154 valence electrons. The molecule has 0 radical (unpaired) electrons. The first-order chi connectivity index (χ1) is 13.2. The van der Waals surface area contributed by atoms with Crippen LogP contribution in [0.4, 0.5) is 0 Å². The minimum atomic E-state index is 0.389. The predicted octanol–water partition coefficient (Wildman–Crippen LogP) is 2.51. The second-order valence-corrected chi connectivity index (χ2v) is 6.71. The molecule has 27 heavy (non-hydrogen) atoms. The highest BCUT2D eigenvalue weighted by Gasteiger charge is 2.10. The number of ether oxygens (including phenoxy) is 2. The zero-order chi connectivity index (χ0) is 19.7. The van der Waals surface area contributed by atoms with Crippen LogP contribution in [0.5, 0.6) is 0 Å². The summed E-state index contributed by atoms with van der Waals surface area (Å²) >= 11 is 0. The van der Waals surface area contributed by atoms with Crippen molar-refractivity contribution in [3.8, 4) is 0 Å². The monoisotopic (exact) mass is 378 g/mol. The molecule has 0 aliphatic heterocycles. The van der Waals surface area contributed by atoms with Crippen LogP contribution in [0.25, 0.3) is 0 Å². The van der Waals surface area contributed by atoms with E-state index in [1.807, 2.05) is 6.07 Å². The molecule has 0 fully saturated rings. The fraction of sp³-hybridized carbons (Fsp3) is 0.667. The molecular formula is C21H38N4O2. The molecular weight excluding hydrogens is 340 g/mol. The van der Waals surface area contributed by atoms with Gasteiger partial charge in [0, 0.05) is 39.3 Å². The van der Waals surface area contributed by atoms with E-state index in [1.54, 1.807) is 7.05 Å². The smallest absolute Gasteiger partial charge is 0.191 e. The molecule has 2 N–H and O–H groups in total. The molecule has 0 saturated heterocycles. The van der Waals surface area contributed by atoms with Gasteiger partial charge in [-0.3, -0.25) is 9.89 Å². The summed E-state index contributed by atoms with van der Waals surface area (Å²) in [5.74, 6) is 0.803. The van der Waals surface area contributed by atoms with Crippen LogP contribution in [0.1, 0.15) is 32.3 Å². The van der Waals surface area contributed by atoms with Crippen molar-refractivity contribution in [3.05, 3.63) is 35.9 Å². The molecule has 0 aromatic heterocycles. The van der Waals surface area contributed by atoms with Crippen molar-refractivity contribution in [2.45, 2.75) is 39.3 Å². The maximum Gasteiger partial charge on any atom is 0.191 e. The quantitative estimate of drug-likeness (QED) is 0.296. The Morgan fingerprint density at radius 2 is 1.78 bits per heavy atom. The van der Waals surface area contributed by atoms with Crippen LogP contribution in [0.3, 0.4) is 0 Å². The summed E-state index contributed by atoms with van der Waals surface area (Å²) in [6.45, 7) is 9.63. The van der Waals surface area contributed by atoms with Gasteiger partial charge in [0.05, 0.1) is 19.8 Å². The van der Waals surface area contributed by atoms with Gasteiger partial charge < -0.3 is 20.1 Å². The average molecular weight is 379 g/mol. The molecule has 0 aliphatic rings. The number of hydrogen-bond donors (Lipinski definition) is 2. The van der Waals surface area contributed by atoms with Gasteiger partial charge in [0.15, 0.2) is 5.96 Å². The van der Waals surface area contributed by atoms with Gasteiger partial charge >= 0.3 is 0 Å². The molecule has 0 spiro atoms. The lowest BCUT2D eigenvalue weighted by molar-refractivity contribution is 0.0487. The number of nitrogens with one attached hydrogen (secondary N) is 2. The summed E-state index contributed by atoms with van der Waals surface area (Å²) in [5, 5.41) is 6.66. The van der Waals surface area contributed by atoms with Crippen LogP contribution in [-0.4, -0.2) is 70.5 Å². The number of hydrogen-bond acceptors (Lipinski definition) is 4. The Bertz CT molecular complexity index is 496. The lowest BCUT2D eigenvalue weighted by Crippen LogP contribution is -2.45. The van der Waals surface area contributed by atoms with Gasteiger partial charge in [0.25, 0.3) is 0 Å². The normalized spacial score (nSPS) is 13.0. The van der Waals surface area contributed by atoms with Gasteiger partial charge in [0.2, 0.25) is 0 Å². The van der Waals surface area contributed by atoms with Crippen molar-refractivity contribution >= 4 is 5.96 Å². The van der Waals surface area contributed by atoms with Crippen molar-refractivity contribution in [1.82, 2.24) is 15.5 Å². The number of benzene rings is 1. The second kappa shape index (κ2) is 15.4. The SMILES string of the molecule is CCCCOCCOCCNC(=NC)NCC(C)N(C)Cc1ccccc1. The molecule has 6 nitrogen and oxygen atoms in total. The Labute approximate surface area is 165 Å². The van der Waals surface area contributed by atoms with Gasteiger partial charge in [-0.2, -0.15) is 0 Å². The third kappa shape index (κ3) is 11.6. The van der Waals surface area contributed by atoms with Crippen molar-refractivity contribution < 1.29 is 9.47 Å². The first kappa shape index (κ1) is 23.4. The third-order valence-corrected chi connectivity index (χ3v) is 4.37. The summed E-state index contributed by atoms with van der Waals surface area (Å²) in [6, 6.07) is 10.9. The average Bonchev–Trinajstić information content (AvgIpc) is 2.69. The number of rotatable bonds is 14. The van der Waals surface area contributed by atoms with Crippen molar-refractivity contribution in [2.75, 3.05) is 53.6 Å². The highest BCUT2D eigenvalue weighted by Crippen LogP contribution is 2.05. The summed E-state index contributed by atoms with van der Waals surface area (Å²) in [4.78, 5) is 6.60. The molecule has 1 unspecified atom stereocenters. The van der Waals surface area contributed by atoms with Crippen molar-refractivity contribution in [2.24, 2.45) is 4.99 Å². The van der Waals surface area contributed by atoms with Crippen molar-refractivity contribution in [3.63, 3.8) is 0 Å². The molecule has 1 rings (SSSR count). The largest absolute Gasteiger partial charge is 0.379 e. The number of aliphatic imine (C=N–C) groups is 1. The molecule has 0 saturated carbocycles. The van der Waals surface area contributed by atoms with Crippen LogP contribution in [0.2, 0.25) is 0 Å². The van der Waals surface area contributed by atoms with E-state index in [-0.39, 0.29) is 0 Å². The Kier molecular flexibility index (Phi) is 13.4. The number of likely N-dealkylation sites (N-methyl/N-ethyl adjacent to an activating group) is 1. The number of nitrogens with zero attached hydrogens (tertiary/aromatic N) is 2. The molecule has 1 aromatic carbocycles. The molecule has 0 bridgehead atoms. The molecule has 6 heteroatoms. The zero-order valence-corrected chi connectivity index (χ0v) is 17.5. The fourth-order valence-electron chi connectivity index (χ4n) is 2.46. The predicted molar refractivity (Wildman–Crippen MR) is 113 cm³/mol. The van der Waals surface area contributed by atoms with Crippen LogP contribution in [0, 0.1) is 0 Å². The summed E-state index contributed by atoms with van der Waals surface area (Å²) in [5.41, 5.74) is 1.32. The lowest BCUT2D eigenvalue weighted by atomic mass is 10.2. The Hall–Kier alpha value is -1.63. The minimum Gasteiger partial charge on any atom is -0.379 e. The minimum absolute atomic E-state index is 0.389. The fourth-order valence-corrected chi connectivity index (χ4v) is 2.46. The van der Waals surface area contributed by atoms with E-state index in [4.69, 9.17) is 9.47 Å². The molecule has 1 aromatic rings. The van der Waals surface area contributed by atoms with Gasteiger partial charge in [-0.25, -0.2) is 0 Å². The van der Waals surface area contributed by atoms with E-state index in [2.05, 4.69) is 65.7 Å². The summed E-state index contributed by atoms with van der Waals surface area (Å²) in [7, 11) is 3.93. The first-order valence-corrected chi connectivity index (χ1v) is 10.0. The van der Waals surface area contributed by atoms with Crippen LogP contribution < -0.4 is 10.6 Å². The molecule has 0 amide bonds. The Balaban J connectivity index is 2.11. The van der Waals surface area contributed by atoms with Crippen LogP contribution >= 0.6 is 0 Å². The van der Waals surface area contributed by atoms with E-state index in [1.165, 1.54) is 5.56 Å². The maximum atomic E-state index is 5.56. The zero-order valence-electron chi connectivity index (χ0n) is 17.5. The second-order valence-electron chi connectivity index (χ2n) is 6.71. The van der Waals surface area contributed by atoms with E-state index in [0.29, 0.717) is 25.9 Å². The third-order valence-electron chi connectivity index (χ3n) is 4.37. The summed E-state index contributed by atoms with van der Waals surface area (Å²) < 4.78 is 11.0. The maximum absolute atomic E-state index is 5.56.